The fourth-order valence-corrected chi connectivity index (χ4v) is 3.15. The normalized spacial score (nSPS) is 19.6. The lowest BCUT2D eigenvalue weighted by Gasteiger charge is -2.20. The third-order valence-corrected chi connectivity index (χ3v) is 3.88. The molecule has 1 N–H and O–H groups in total. The predicted molar refractivity (Wildman–Crippen MR) is 59.9 cm³/mol. The number of fused-ring (bicyclic) bond motifs is 1. The Balaban J connectivity index is 2.10. The molecule has 0 bridgehead atoms. The van der Waals surface area contributed by atoms with Crippen molar-refractivity contribution in [1.82, 2.24) is 4.37 Å². The molecule has 0 fully saturated rings. The second-order valence-electron chi connectivity index (χ2n) is 4.20. The van der Waals surface area contributed by atoms with Crippen LogP contribution in [0.3, 0.4) is 0 Å². The first-order valence-electron chi connectivity index (χ1n) is 5.28. The van der Waals surface area contributed by atoms with Crippen molar-refractivity contribution in [2.75, 3.05) is 0 Å². The van der Waals surface area contributed by atoms with Crippen molar-refractivity contribution in [3.63, 3.8) is 0 Å². The Bertz CT molecular complexity index is 438. The van der Waals surface area contributed by atoms with E-state index < -0.39 is 5.97 Å². The summed E-state index contributed by atoms with van der Waals surface area (Å²) in [6.07, 6.45) is 2.00. The summed E-state index contributed by atoms with van der Waals surface area (Å²) in [6.45, 7) is 1.85. The summed E-state index contributed by atoms with van der Waals surface area (Å²) in [4.78, 5) is 23.4. The number of Topliss-reactive ketones (excluding diaryl/α,β-unsaturated/α-hetero) is 1. The number of carboxylic acids is 1. The predicted octanol–water partition coefficient (Wildman–Crippen LogP) is 2.06. The van der Waals surface area contributed by atoms with Gasteiger partial charge in [-0.25, -0.2) is 0 Å². The average Bonchev–Trinajstić information content (AvgIpc) is 2.58. The third-order valence-electron chi connectivity index (χ3n) is 2.93. The number of carboxylic acid groups (broad SMARTS) is 1. The maximum atomic E-state index is 11.8. The van der Waals surface area contributed by atoms with Gasteiger partial charge in [-0.1, -0.05) is 0 Å². The largest absolute Gasteiger partial charge is 0.481 e. The van der Waals surface area contributed by atoms with Crippen LogP contribution in [0, 0.1) is 12.8 Å². The van der Waals surface area contributed by atoms with Gasteiger partial charge in [0.2, 0.25) is 0 Å². The van der Waals surface area contributed by atoms with E-state index in [2.05, 4.69) is 4.37 Å². The topological polar surface area (TPSA) is 67.3 Å². The molecule has 1 aromatic rings. The second-order valence-corrected chi connectivity index (χ2v) is 5.05. The Hall–Kier alpha value is -1.23. The number of nitrogens with zero attached hydrogens (tertiary/aromatic N) is 1. The van der Waals surface area contributed by atoms with Gasteiger partial charge in [-0.2, -0.15) is 4.37 Å². The van der Waals surface area contributed by atoms with Gasteiger partial charge in [0.15, 0.2) is 5.78 Å². The molecule has 0 spiro atoms. The number of carbonyl (C=O) groups excluding carboxylic acids is 1. The van der Waals surface area contributed by atoms with E-state index >= 15 is 0 Å². The standard InChI is InChI=1S/C11H13NO3S/c1-6-11-8(13)4-7(2-3-10(14)15)5-9(11)16-12-6/h7H,2-5H2,1H3,(H,14,15). The summed E-state index contributed by atoms with van der Waals surface area (Å²) in [7, 11) is 0. The molecule has 0 aliphatic heterocycles. The van der Waals surface area contributed by atoms with E-state index in [9.17, 15) is 9.59 Å². The fraction of sp³-hybridized carbons (Fsp3) is 0.545. The van der Waals surface area contributed by atoms with Crippen molar-refractivity contribution in [2.24, 2.45) is 5.92 Å². The summed E-state index contributed by atoms with van der Waals surface area (Å²) >= 11 is 1.38. The molecule has 4 nitrogen and oxygen atoms in total. The molecule has 1 aliphatic rings. The van der Waals surface area contributed by atoms with Crippen LogP contribution in [0.2, 0.25) is 0 Å². The molecule has 0 amide bonds. The molecular weight excluding hydrogens is 226 g/mol. The summed E-state index contributed by atoms with van der Waals surface area (Å²) < 4.78 is 4.18. The van der Waals surface area contributed by atoms with Crippen molar-refractivity contribution in [1.29, 1.82) is 0 Å². The molecular formula is C11H13NO3S. The van der Waals surface area contributed by atoms with Gasteiger partial charge in [0.1, 0.15) is 0 Å². The first-order valence-corrected chi connectivity index (χ1v) is 6.05. The molecule has 0 saturated carbocycles. The molecule has 1 aromatic heterocycles. The van der Waals surface area contributed by atoms with Gasteiger partial charge in [-0.05, 0) is 37.2 Å². The van der Waals surface area contributed by atoms with Gasteiger partial charge in [-0.3, -0.25) is 9.59 Å². The number of ketones is 1. The number of aromatic nitrogens is 1. The molecule has 0 saturated heterocycles. The first kappa shape index (κ1) is 11.3. The van der Waals surface area contributed by atoms with E-state index in [0.29, 0.717) is 12.8 Å². The highest BCUT2D eigenvalue weighted by molar-refractivity contribution is 7.06. The number of carbonyl (C=O) groups is 2. The fourth-order valence-electron chi connectivity index (χ4n) is 2.14. The van der Waals surface area contributed by atoms with Crippen LogP contribution in [0.1, 0.15) is 40.2 Å². The zero-order valence-corrected chi connectivity index (χ0v) is 9.84. The van der Waals surface area contributed by atoms with Crippen molar-refractivity contribution in [3.8, 4) is 0 Å². The lowest BCUT2D eigenvalue weighted by atomic mass is 9.84. The number of rotatable bonds is 3. The summed E-state index contributed by atoms with van der Waals surface area (Å²) in [5, 5.41) is 8.61. The molecule has 0 aromatic carbocycles. The van der Waals surface area contributed by atoms with Crippen LogP contribution in [0.5, 0.6) is 0 Å². The minimum Gasteiger partial charge on any atom is -0.481 e. The van der Waals surface area contributed by atoms with Crippen molar-refractivity contribution < 1.29 is 14.7 Å². The van der Waals surface area contributed by atoms with Crippen LogP contribution >= 0.6 is 11.5 Å². The Morgan fingerprint density at radius 1 is 1.56 bits per heavy atom. The Kier molecular flexibility index (Phi) is 3.05. The molecule has 16 heavy (non-hydrogen) atoms. The van der Waals surface area contributed by atoms with E-state index in [1.54, 1.807) is 0 Å². The maximum Gasteiger partial charge on any atom is 0.303 e. The van der Waals surface area contributed by atoms with E-state index in [-0.39, 0.29) is 18.1 Å². The number of hydrogen-bond donors (Lipinski definition) is 1. The van der Waals surface area contributed by atoms with Crippen LogP contribution in [-0.4, -0.2) is 21.2 Å². The quantitative estimate of drug-likeness (QED) is 0.876. The zero-order valence-electron chi connectivity index (χ0n) is 9.02. The molecule has 1 heterocycles. The van der Waals surface area contributed by atoms with E-state index in [4.69, 9.17) is 5.11 Å². The molecule has 1 unspecified atom stereocenters. The van der Waals surface area contributed by atoms with Crippen LogP contribution in [0.15, 0.2) is 0 Å². The summed E-state index contributed by atoms with van der Waals surface area (Å²) in [6, 6.07) is 0. The summed E-state index contributed by atoms with van der Waals surface area (Å²) in [5.74, 6) is -0.488. The minimum atomic E-state index is -0.793. The zero-order chi connectivity index (χ0) is 11.7. The number of hydrogen-bond acceptors (Lipinski definition) is 4. The summed E-state index contributed by atoms with van der Waals surface area (Å²) in [5.41, 5.74) is 1.61. The van der Waals surface area contributed by atoms with Gasteiger partial charge >= 0.3 is 5.97 Å². The highest BCUT2D eigenvalue weighted by Crippen LogP contribution is 2.32. The molecule has 86 valence electrons. The van der Waals surface area contributed by atoms with Gasteiger partial charge < -0.3 is 5.11 Å². The molecule has 0 radical (unpaired) electrons. The van der Waals surface area contributed by atoms with E-state index in [0.717, 1.165) is 22.6 Å². The van der Waals surface area contributed by atoms with Crippen molar-refractivity contribution in [2.45, 2.75) is 32.6 Å². The van der Waals surface area contributed by atoms with E-state index in [1.165, 1.54) is 11.5 Å². The lowest BCUT2D eigenvalue weighted by Crippen LogP contribution is -2.19. The highest BCUT2D eigenvalue weighted by Gasteiger charge is 2.28. The monoisotopic (exact) mass is 239 g/mol. The Labute approximate surface area is 97.5 Å². The van der Waals surface area contributed by atoms with Gasteiger partial charge in [-0.15, -0.1) is 0 Å². The smallest absolute Gasteiger partial charge is 0.303 e. The van der Waals surface area contributed by atoms with Crippen molar-refractivity contribution in [3.05, 3.63) is 16.1 Å². The number of aliphatic carboxylic acids is 1. The Morgan fingerprint density at radius 3 is 3.00 bits per heavy atom. The van der Waals surface area contributed by atoms with Gasteiger partial charge in [0, 0.05) is 17.7 Å². The average molecular weight is 239 g/mol. The first-order chi connectivity index (χ1) is 7.58. The molecule has 1 aliphatic carbocycles. The number of aryl methyl sites for hydroxylation is 1. The highest BCUT2D eigenvalue weighted by atomic mass is 32.1. The minimum absolute atomic E-state index is 0.128. The van der Waals surface area contributed by atoms with Crippen LogP contribution in [0.4, 0.5) is 0 Å². The third kappa shape index (κ3) is 2.14. The van der Waals surface area contributed by atoms with Crippen LogP contribution in [0.25, 0.3) is 0 Å². The van der Waals surface area contributed by atoms with Crippen LogP contribution < -0.4 is 0 Å². The maximum absolute atomic E-state index is 11.8. The van der Waals surface area contributed by atoms with E-state index in [1.807, 2.05) is 6.92 Å². The second kappa shape index (κ2) is 4.33. The lowest BCUT2D eigenvalue weighted by molar-refractivity contribution is -0.137. The molecule has 5 heteroatoms. The van der Waals surface area contributed by atoms with Crippen molar-refractivity contribution >= 4 is 23.3 Å². The van der Waals surface area contributed by atoms with Gasteiger partial charge in [0.25, 0.3) is 0 Å². The van der Waals surface area contributed by atoms with Gasteiger partial charge in [0.05, 0.1) is 11.3 Å². The van der Waals surface area contributed by atoms with Crippen LogP contribution in [-0.2, 0) is 11.2 Å². The molecule has 2 rings (SSSR count). The SMILES string of the molecule is Cc1nsc2c1C(=O)CC(CCC(=O)O)C2. The molecule has 1 atom stereocenters. The Morgan fingerprint density at radius 2 is 2.31 bits per heavy atom.